The monoisotopic (exact) mass is 363 g/mol. The normalized spacial score (nSPS) is 28.2. The SMILES string of the molecule is CC1(C)[C@H](NS(=O)(=O)c2ccccc2)[C@@H]1c1nc([C@H]2CCOC2)no1. The Kier molecular flexibility index (Phi) is 3.93. The van der Waals surface area contributed by atoms with Crippen molar-refractivity contribution in [2.75, 3.05) is 13.2 Å². The zero-order valence-corrected chi connectivity index (χ0v) is 15.0. The van der Waals surface area contributed by atoms with Gasteiger partial charge in [-0.3, -0.25) is 0 Å². The predicted octanol–water partition coefficient (Wildman–Crippen LogP) is 2.04. The van der Waals surface area contributed by atoms with Crippen LogP contribution in [0.5, 0.6) is 0 Å². The Morgan fingerprint density at radius 1 is 1.24 bits per heavy atom. The fourth-order valence-electron chi connectivity index (χ4n) is 3.43. The standard InChI is InChI=1S/C17H21N3O4S/c1-17(2)13(16-18-15(19-24-16)11-8-9-23-10-11)14(17)20-25(21,22)12-6-4-3-5-7-12/h3-7,11,13-14,20H,8-10H2,1-2H3/t11-,13+,14+/m0/s1. The van der Waals surface area contributed by atoms with Crippen LogP contribution in [0.3, 0.4) is 0 Å². The van der Waals surface area contributed by atoms with Crippen molar-refractivity contribution in [3.05, 3.63) is 42.0 Å². The summed E-state index contributed by atoms with van der Waals surface area (Å²) in [6.07, 6.45) is 0.886. The van der Waals surface area contributed by atoms with Gasteiger partial charge in [-0.25, -0.2) is 13.1 Å². The van der Waals surface area contributed by atoms with E-state index in [1.165, 1.54) is 0 Å². The van der Waals surface area contributed by atoms with E-state index in [0.717, 1.165) is 6.42 Å². The lowest BCUT2D eigenvalue weighted by molar-refractivity contribution is 0.192. The molecule has 1 aliphatic carbocycles. The molecule has 0 amide bonds. The second-order valence-corrected chi connectivity index (χ2v) is 8.98. The summed E-state index contributed by atoms with van der Waals surface area (Å²) < 4.78 is 38.7. The fraction of sp³-hybridized carbons (Fsp3) is 0.529. The van der Waals surface area contributed by atoms with E-state index in [9.17, 15) is 8.42 Å². The van der Waals surface area contributed by atoms with Crippen molar-refractivity contribution in [2.45, 2.75) is 43.0 Å². The number of rotatable bonds is 5. The lowest BCUT2D eigenvalue weighted by atomic mass is 10.1. The van der Waals surface area contributed by atoms with Gasteiger partial charge in [0.05, 0.1) is 17.4 Å². The molecule has 1 N–H and O–H groups in total. The molecule has 2 aliphatic rings. The third kappa shape index (κ3) is 2.98. The van der Waals surface area contributed by atoms with E-state index >= 15 is 0 Å². The number of sulfonamides is 1. The first-order chi connectivity index (χ1) is 11.9. The highest BCUT2D eigenvalue weighted by Gasteiger charge is 2.63. The molecule has 8 heteroatoms. The number of nitrogens with zero attached hydrogens (tertiary/aromatic N) is 2. The summed E-state index contributed by atoms with van der Waals surface area (Å²) in [5, 5.41) is 4.07. The van der Waals surface area contributed by atoms with Crippen LogP contribution in [0.25, 0.3) is 0 Å². The molecule has 3 atom stereocenters. The average Bonchev–Trinajstić information content (AvgIpc) is 3.09. The first kappa shape index (κ1) is 16.7. The molecular weight excluding hydrogens is 342 g/mol. The highest BCUT2D eigenvalue weighted by Crippen LogP contribution is 2.58. The van der Waals surface area contributed by atoms with E-state index in [-0.39, 0.29) is 28.2 Å². The summed E-state index contributed by atoms with van der Waals surface area (Å²) >= 11 is 0. The van der Waals surface area contributed by atoms with Crippen molar-refractivity contribution < 1.29 is 17.7 Å². The van der Waals surface area contributed by atoms with Gasteiger partial charge in [-0.05, 0) is 24.0 Å². The van der Waals surface area contributed by atoms with Crippen molar-refractivity contribution in [1.29, 1.82) is 0 Å². The van der Waals surface area contributed by atoms with E-state index in [1.54, 1.807) is 30.3 Å². The summed E-state index contributed by atoms with van der Waals surface area (Å²) in [4.78, 5) is 4.77. The second-order valence-electron chi connectivity index (χ2n) is 7.26. The predicted molar refractivity (Wildman–Crippen MR) is 89.5 cm³/mol. The van der Waals surface area contributed by atoms with Crippen molar-refractivity contribution >= 4 is 10.0 Å². The summed E-state index contributed by atoms with van der Waals surface area (Å²) in [5.74, 6) is 1.18. The van der Waals surface area contributed by atoms with Crippen LogP contribution in [-0.4, -0.2) is 37.8 Å². The van der Waals surface area contributed by atoms with Gasteiger partial charge in [0.2, 0.25) is 15.9 Å². The third-order valence-corrected chi connectivity index (χ3v) is 6.64. The molecule has 25 heavy (non-hydrogen) atoms. The molecule has 0 bridgehead atoms. The first-order valence-corrected chi connectivity index (χ1v) is 9.86. The van der Waals surface area contributed by atoms with Crippen LogP contribution in [0.1, 0.15) is 43.8 Å². The van der Waals surface area contributed by atoms with Gasteiger partial charge >= 0.3 is 0 Å². The second kappa shape index (κ2) is 5.89. The lowest BCUT2D eigenvalue weighted by Gasteiger charge is -2.07. The average molecular weight is 363 g/mol. The van der Waals surface area contributed by atoms with Crippen LogP contribution in [0.4, 0.5) is 0 Å². The number of ether oxygens (including phenoxy) is 1. The van der Waals surface area contributed by atoms with Gasteiger partial charge in [0, 0.05) is 18.6 Å². The van der Waals surface area contributed by atoms with Gasteiger partial charge in [0.1, 0.15) is 0 Å². The smallest absolute Gasteiger partial charge is 0.240 e. The maximum absolute atomic E-state index is 12.6. The summed E-state index contributed by atoms with van der Waals surface area (Å²) in [5.41, 5.74) is -0.280. The molecule has 1 aliphatic heterocycles. The Balaban J connectivity index is 1.52. The fourth-order valence-corrected chi connectivity index (χ4v) is 4.86. The van der Waals surface area contributed by atoms with Crippen LogP contribution in [0, 0.1) is 5.41 Å². The minimum atomic E-state index is -3.58. The Morgan fingerprint density at radius 2 is 2.00 bits per heavy atom. The minimum absolute atomic E-state index is 0.130. The van der Waals surface area contributed by atoms with Gasteiger partial charge in [0.15, 0.2) is 5.82 Å². The van der Waals surface area contributed by atoms with Crippen molar-refractivity contribution in [3.8, 4) is 0 Å². The Bertz CT molecular complexity index is 857. The van der Waals surface area contributed by atoms with E-state index in [2.05, 4.69) is 14.9 Å². The van der Waals surface area contributed by atoms with E-state index in [4.69, 9.17) is 9.26 Å². The van der Waals surface area contributed by atoms with Gasteiger partial charge < -0.3 is 9.26 Å². The number of hydrogen-bond donors (Lipinski definition) is 1. The summed E-state index contributed by atoms with van der Waals surface area (Å²) in [7, 11) is -3.58. The van der Waals surface area contributed by atoms with Gasteiger partial charge in [-0.1, -0.05) is 37.2 Å². The van der Waals surface area contributed by atoms with Crippen molar-refractivity contribution in [2.24, 2.45) is 5.41 Å². The van der Waals surface area contributed by atoms with Crippen molar-refractivity contribution in [1.82, 2.24) is 14.9 Å². The van der Waals surface area contributed by atoms with Crippen LogP contribution in [0.15, 0.2) is 39.8 Å². The Morgan fingerprint density at radius 3 is 2.68 bits per heavy atom. The third-order valence-electron chi connectivity index (χ3n) is 5.18. The molecule has 0 spiro atoms. The van der Waals surface area contributed by atoms with Crippen LogP contribution in [-0.2, 0) is 14.8 Å². The Labute approximate surface area is 146 Å². The maximum Gasteiger partial charge on any atom is 0.240 e. The zero-order chi connectivity index (χ0) is 17.7. The number of nitrogens with one attached hydrogen (secondary N) is 1. The first-order valence-electron chi connectivity index (χ1n) is 8.38. The van der Waals surface area contributed by atoms with Crippen LogP contribution >= 0.6 is 0 Å². The Hall–Kier alpha value is -1.77. The zero-order valence-electron chi connectivity index (χ0n) is 14.2. The molecule has 1 aromatic heterocycles. The van der Waals surface area contributed by atoms with Gasteiger partial charge in [-0.2, -0.15) is 4.98 Å². The van der Waals surface area contributed by atoms with Crippen molar-refractivity contribution in [3.63, 3.8) is 0 Å². The number of aromatic nitrogens is 2. The van der Waals surface area contributed by atoms with Crippen LogP contribution in [0.2, 0.25) is 0 Å². The van der Waals surface area contributed by atoms with E-state index in [0.29, 0.717) is 24.9 Å². The van der Waals surface area contributed by atoms with Gasteiger partial charge in [0.25, 0.3) is 0 Å². The summed E-state index contributed by atoms with van der Waals surface area (Å²) in [6, 6.07) is 8.09. The van der Waals surface area contributed by atoms with E-state index in [1.807, 2.05) is 13.8 Å². The lowest BCUT2D eigenvalue weighted by Crippen LogP contribution is -2.29. The topological polar surface area (TPSA) is 94.3 Å². The molecule has 0 radical (unpaired) electrons. The van der Waals surface area contributed by atoms with E-state index < -0.39 is 10.0 Å². The largest absolute Gasteiger partial charge is 0.381 e. The summed E-state index contributed by atoms with van der Waals surface area (Å²) in [6.45, 7) is 5.32. The molecule has 2 heterocycles. The molecular formula is C17H21N3O4S. The minimum Gasteiger partial charge on any atom is -0.381 e. The molecule has 1 saturated heterocycles. The maximum atomic E-state index is 12.6. The molecule has 7 nitrogen and oxygen atoms in total. The molecule has 1 saturated carbocycles. The molecule has 2 fully saturated rings. The number of hydrogen-bond acceptors (Lipinski definition) is 6. The number of benzene rings is 1. The quantitative estimate of drug-likeness (QED) is 0.874. The van der Waals surface area contributed by atoms with Gasteiger partial charge in [-0.15, -0.1) is 0 Å². The highest BCUT2D eigenvalue weighted by molar-refractivity contribution is 7.89. The molecule has 0 unspecified atom stereocenters. The highest BCUT2D eigenvalue weighted by atomic mass is 32.2. The molecule has 2 aromatic rings. The van der Waals surface area contributed by atoms with Crippen LogP contribution < -0.4 is 4.72 Å². The molecule has 4 rings (SSSR count). The molecule has 134 valence electrons. The molecule has 1 aromatic carbocycles.